The molecule has 0 amide bonds. The van der Waals surface area contributed by atoms with E-state index < -0.39 is 0 Å². The van der Waals surface area contributed by atoms with Crippen LogP contribution >= 0.6 is 23.4 Å². The van der Waals surface area contributed by atoms with Gasteiger partial charge in [0, 0.05) is 47.8 Å². The molecule has 0 atom stereocenters. The second-order valence-corrected chi connectivity index (χ2v) is 10.3. The SMILES string of the molecule is CN(C(=N)SC(=N)c1ccc(-n2ccnc2)cc1Cl)C1CC(C)(C)NC(C)(C)C1. The highest BCUT2D eigenvalue weighted by Gasteiger charge is 2.39. The van der Waals surface area contributed by atoms with E-state index in [1.807, 2.05) is 40.9 Å². The van der Waals surface area contributed by atoms with Crippen LogP contribution in [-0.2, 0) is 0 Å². The Bertz CT molecular complexity index is 890. The van der Waals surface area contributed by atoms with Crippen molar-refractivity contribution in [3.8, 4) is 5.69 Å². The molecule has 156 valence electrons. The van der Waals surface area contributed by atoms with Gasteiger partial charge in [0.15, 0.2) is 5.17 Å². The number of hydrogen-bond donors (Lipinski definition) is 3. The highest BCUT2D eigenvalue weighted by Crippen LogP contribution is 2.33. The summed E-state index contributed by atoms with van der Waals surface area (Å²) >= 11 is 7.59. The average molecular weight is 433 g/mol. The molecule has 29 heavy (non-hydrogen) atoms. The summed E-state index contributed by atoms with van der Waals surface area (Å²) in [4.78, 5) is 6.04. The van der Waals surface area contributed by atoms with E-state index in [0.29, 0.717) is 15.8 Å². The predicted octanol–water partition coefficient (Wildman–Crippen LogP) is 4.76. The van der Waals surface area contributed by atoms with E-state index in [1.165, 1.54) is 0 Å². The Morgan fingerprint density at radius 1 is 1.24 bits per heavy atom. The lowest BCUT2D eigenvalue weighted by Gasteiger charge is -2.49. The fraction of sp³-hybridized carbons (Fsp3) is 0.476. The standard InChI is InChI=1S/C21H29ClN6S/c1-20(2)11-15(12-21(3,4)26-20)27(5)19(24)29-18(23)16-7-6-14(10-17(16)22)28-9-8-25-13-28/h6-10,13,15,23-24,26H,11-12H2,1-5H3. The molecule has 0 bridgehead atoms. The number of thioether (sulfide) groups is 1. The van der Waals surface area contributed by atoms with E-state index in [4.69, 9.17) is 22.4 Å². The van der Waals surface area contributed by atoms with Gasteiger partial charge < -0.3 is 14.8 Å². The fourth-order valence-corrected chi connectivity index (χ4v) is 5.29. The van der Waals surface area contributed by atoms with Gasteiger partial charge in [0.2, 0.25) is 0 Å². The number of nitrogens with zero attached hydrogens (tertiary/aromatic N) is 3. The van der Waals surface area contributed by atoms with Crippen molar-refractivity contribution in [3.05, 3.63) is 47.5 Å². The van der Waals surface area contributed by atoms with Gasteiger partial charge in [0.05, 0.1) is 11.3 Å². The van der Waals surface area contributed by atoms with E-state index in [-0.39, 0.29) is 22.2 Å². The molecule has 1 aromatic heterocycles. The molecule has 3 N–H and O–H groups in total. The number of piperidine rings is 1. The average Bonchev–Trinajstić information content (AvgIpc) is 3.12. The smallest absolute Gasteiger partial charge is 0.162 e. The van der Waals surface area contributed by atoms with Crippen molar-refractivity contribution >= 4 is 33.6 Å². The lowest BCUT2D eigenvalue weighted by molar-refractivity contribution is 0.114. The summed E-state index contributed by atoms with van der Waals surface area (Å²) in [5.41, 5.74) is 1.53. The zero-order valence-corrected chi connectivity index (χ0v) is 19.2. The van der Waals surface area contributed by atoms with Crippen LogP contribution in [0.3, 0.4) is 0 Å². The van der Waals surface area contributed by atoms with Gasteiger partial charge in [-0.3, -0.25) is 10.8 Å². The van der Waals surface area contributed by atoms with E-state index in [0.717, 1.165) is 30.3 Å². The molecule has 1 saturated heterocycles. The minimum Gasteiger partial charge on any atom is -0.351 e. The zero-order valence-electron chi connectivity index (χ0n) is 17.6. The number of halogens is 1. The molecular weight excluding hydrogens is 404 g/mol. The summed E-state index contributed by atoms with van der Waals surface area (Å²) in [5.74, 6) is 0. The molecule has 0 unspecified atom stereocenters. The van der Waals surface area contributed by atoms with Crippen LogP contribution in [0.15, 0.2) is 36.9 Å². The monoisotopic (exact) mass is 432 g/mol. The Labute approximate surface area is 182 Å². The third-order valence-electron chi connectivity index (χ3n) is 5.24. The summed E-state index contributed by atoms with van der Waals surface area (Å²) < 4.78 is 1.86. The Hall–Kier alpha value is -1.83. The zero-order chi connectivity index (χ0) is 21.4. The lowest BCUT2D eigenvalue weighted by atomic mass is 9.79. The van der Waals surface area contributed by atoms with Crippen molar-refractivity contribution in [2.24, 2.45) is 0 Å². The fourth-order valence-electron chi connectivity index (χ4n) is 4.19. The van der Waals surface area contributed by atoms with Crippen LogP contribution in [0.1, 0.15) is 46.1 Å². The molecule has 0 radical (unpaired) electrons. The molecule has 3 rings (SSSR count). The predicted molar refractivity (Wildman–Crippen MR) is 123 cm³/mol. The van der Waals surface area contributed by atoms with Crippen LogP contribution in [0.2, 0.25) is 5.02 Å². The van der Waals surface area contributed by atoms with E-state index in [2.05, 4.69) is 38.0 Å². The molecule has 1 fully saturated rings. The van der Waals surface area contributed by atoms with Crippen LogP contribution in [0, 0.1) is 10.8 Å². The molecule has 1 aliphatic rings. The van der Waals surface area contributed by atoms with Gasteiger partial charge in [-0.15, -0.1) is 0 Å². The van der Waals surface area contributed by atoms with Crippen molar-refractivity contribution < 1.29 is 0 Å². The number of nitrogens with one attached hydrogen (secondary N) is 3. The summed E-state index contributed by atoms with van der Waals surface area (Å²) in [6.07, 6.45) is 7.16. The number of aromatic nitrogens is 2. The first-order chi connectivity index (χ1) is 13.5. The molecule has 6 nitrogen and oxygen atoms in total. The third-order valence-corrected chi connectivity index (χ3v) is 6.45. The van der Waals surface area contributed by atoms with Crippen LogP contribution in [0.25, 0.3) is 5.69 Å². The number of rotatable bonds is 3. The molecule has 0 spiro atoms. The van der Waals surface area contributed by atoms with Crippen molar-refractivity contribution in [2.75, 3.05) is 7.05 Å². The number of hydrogen-bond acceptors (Lipinski definition) is 5. The second kappa shape index (κ2) is 8.13. The second-order valence-electron chi connectivity index (χ2n) is 8.94. The van der Waals surface area contributed by atoms with Gasteiger partial charge in [-0.05, 0) is 70.5 Å². The Kier molecular flexibility index (Phi) is 6.13. The first-order valence-electron chi connectivity index (χ1n) is 9.63. The number of benzene rings is 1. The summed E-state index contributed by atoms with van der Waals surface area (Å²) in [7, 11) is 1.95. The lowest BCUT2D eigenvalue weighted by Crippen LogP contribution is -2.62. The highest BCUT2D eigenvalue weighted by atomic mass is 35.5. The van der Waals surface area contributed by atoms with Crippen molar-refractivity contribution in [3.63, 3.8) is 0 Å². The van der Waals surface area contributed by atoms with E-state index in [1.54, 1.807) is 12.5 Å². The molecule has 1 aromatic carbocycles. The minimum atomic E-state index is 0.00555. The molecule has 0 saturated carbocycles. The Morgan fingerprint density at radius 2 is 1.90 bits per heavy atom. The molecular formula is C21H29ClN6S. The normalized spacial score (nSPS) is 18.4. The first-order valence-corrected chi connectivity index (χ1v) is 10.8. The summed E-state index contributed by atoms with van der Waals surface area (Å²) in [5, 5.41) is 21.9. The van der Waals surface area contributed by atoms with Crippen LogP contribution < -0.4 is 5.32 Å². The molecule has 2 heterocycles. The summed E-state index contributed by atoms with van der Waals surface area (Å²) in [6, 6.07) is 5.80. The molecule has 8 heteroatoms. The van der Waals surface area contributed by atoms with Gasteiger partial charge in [-0.1, -0.05) is 11.6 Å². The van der Waals surface area contributed by atoms with Gasteiger partial charge in [0.1, 0.15) is 5.04 Å². The molecule has 1 aliphatic heterocycles. The molecule has 0 aliphatic carbocycles. The number of amidine groups is 1. The highest BCUT2D eigenvalue weighted by molar-refractivity contribution is 8.26. The molecule has 2 aromatic rings. The largest absolute Gasteiger partial charge is 0.351 e. The topological polar surface area (TPSA) is 80.8 Å². The van der Waals surface area contributed by atoms with E-state index >= 15 is 0 Å². The maximum Gasteiger partial charge on any atom is 0.162 e. The van der Waals surface area contributed by atoms with Crippen molar-refractivity contribution in [2.45, 2.75) is 57.7 Å². The van der Waals surface area contributed by atoms with E-state index in [9.17, 15) is 0 Å². The quantitative estimate of drug-likeness (QED) is 0.482. The Morgan fingerprint density at radius 3 is 2.45 bits per heavy atom. The van der Waals surface area contributed by atoms with Crippen molar-refractivity contribution in [1.29, 1.82) is 10.8 Å². The van der Waals surface area contributed by atoms with Crippen LogP contribution in [0.5, 0.6) is 0 Å². The van der Waals surface area contributed by atoms with Crippen LogP contribution in [-0.4, -0.2) is 48.8 Å². The Balaban J connectivity index is 1.69. The minimum absolute atomic E-state index is 0.00555. The third kappa shape index (κ3) is 5.21. The maximum absolute atomic E-state index is 8.57. The van der Waals surface area contributed by atoms with Gasteiger partial charge in [0.25, 0.3) is 0 Å². The first kappa shape index (κ1) is 21.9. The summed E-state index contributed by atoms with van der Waals surface area (Å²) in [6.45, 7) is 8.81. The number of imidazole rings is 1. The van der Waals surface area contributed by atoms with Crippen molar-refractivity contribution in [1.82, 2.24) is 19.8 Å². The van der Waals surface area contributed by atoms with Crippen LogP contribution in [0.4, 0.5) is 0 Å². The maximum atomic E-state index is 8.57. The van der Waals surface area contributed by atoms with Gasteiger partial charge >= 0.3 is 0 Å². The van der Waals surface area contributed by atoms with Gasteiger partial charge in [-0.2, -0.15) is 0 Å². The van der Waals surface area contributed by atoms with Gasteiger partial charge in [-0.25, -0.2) is 4.98 Å².